The monoisotopic (exact) mass is 278 g/mol. The zero-order valence-electron chi connectivity index (χ0n) is 12.5. The van der Waals surface area contributed by atoms with Gasteiger partial charge in [0.1, 0.15) is 5.76 Å². The van der Waals surface area contributed by atoms with E-state index in [1.54, 1.807) is 6.26 Å². The van der Waals surface area contributed by atoms with Crippen molar-refractivity contribution >= 4 is 5.91 Å². The minimum Gasteiger partial charge on any atom is -0.467 e. The second-order valence-electron chi connectivity index (χ2n) is 6.27. The van der Waals surface area contributed by atoms with Crippen molar-refractivity contribution in [3.63, 3.8) is 0 Å². The maximum atomic E-state index is 12.5. The van der Waals surface area contributed by atoms with Crippen LogP contribution in [0.3, 0.4) is 0 Å². The van der Waals surface area contributed by atoms with Crippen molar-refractivity contribution in [3.05, 3.63) is 24.2 Å². The minimum absolute atomic E-state index is 0.222. The van der Waals surface area contributed by atoms with Gasteiger partial charge < -0.3 is 15.1 Å². The van der Waals surface area contributed by atoms with E-state index in [1.807, 2.05) is 17.0 Å². The average molecular weight is 278 g/mol. The first-order valence-electron chi connectivity index (χ1n) is 7.62. The highest BCUT2D eigenvalue weighted by atomic mass is 16.3. The number of amides is 1. The molecule has 0 bridgehead atoms. The Kier molecular flexibility index (Phi) is 5.24. The lowest BCUT2D eigenvalue weighted by Gasteiger charge is -2.24. The van der Waals surface area contributed by atoms with Crippen molar-refractivity contribution in [3.8, 4) is 0 Å². The van der Waals surface area contributed by atoms with E-state index in [1.165, 1.54) is 0 Å². The molecule has 20 heavy (non-hydrogen) atoms. The summed E-state index contributed by atoms with van der Waals surface area (Å²) in [6, 6.07) is 4.20. The van der Waals surface area contributed by atoms with Crippen LogP contribution in [-0.4, -0.2) is 23.4 Å². The highest BCUT2D eigenvalue weighted by Gasteiger charge is 2.33. The smallest absolute Gasteiger partial charge is 0.223 e. The van der Waals surface area contributed by atoms with E-state index in [4.69, 9.17) is 10.2 Å². The maximum absolute atomic E-state index is 12.5. The lowest BCUT2D eigenvalue weighted by atomic mass is 9.93. The van der Waals surface area contributed by atoms with Gasteiger partial charge in [-0.25, -0.2) is 0 Å². The molecule has 1 amide bonds. The zero-order valence-corrected chi connectivity index (χ0v) is 12.5. The Hall–Kier alpha value is -1.29. The van der Waals surface area contributed by atoms with Gasteiger partial charge in [0.15, 0.2) is 0 Å². The number of nitrogens with zero attached hydrogens (tertiary/aromatic N) is 1. The summed E-state index contributed by atoms with van der Waals surface area (Å²) in [6.45, 7) is 5.53. The van der Waals surface area contributed by atoms with Crippen LogP contribution < -0.4 is 5.73 Å². The lowest BCUT2D eigenvalue weighted by Crippen LogP contribution is -2.35. The molecule has 0 radical (unpaired) electrons. The average Bonchev–Trinajstić information content (AvgIpc) is 3.11. The molecule has 0 aromatic carbocycles. The summed E-state index contributed by atoms with van der Waals surface area (Å²) in [4.78, 5) is 14.5. The molecule has 0 unspecified atom stereocenters. The van der Waals surface area contributed by atoms with E-state index in [2.05, 4.69) is 13.8 Å². The van der Waals surface area contributed by atoms with Gasteiger partial charge in [-0.3, -0.25) is 4.79 Å². The fraction of sp³-hybridized carbons (Fsp3) is 0.688. The summed E-state index contributed by atoms with van der Waals surface area (Å²) in [5.41, 5.74) is 5.81. The third-order valence-corrected chi connectivity index (χ3v) is 3.82. The summed E-state index contributed by atoms with van der Waals surface area (Å²) >= 11 is 0. The molecule has 0 saturated heterocycles. The van der Waals surface area contributed by atoms with Crippen molar-refractivity contribution in [2.24, 2.45) is 17.6 Å². The van der Waals surface area contributed by atoms with Crippen molar-refractivity contribution in [1.29, 1.82) is 0 Å². The van der Waals surface area contributed by atoms with Crippen LogP contribution in [0.2, 0.25) is 0 Å². The van der Waals surface area contributed by atoms with Crippen LogP contribution in [0.5, 0.6) is 0 Å². The molecule has 112 valence electrons. The highest BCUT2D eigenvalue weighted by Crippen LogP contribution is 2.30. The van der Waals surface area contributed by atoms with Gasteiger partial charge in [-0.05, 0) is 49.8 Å². The fourth-order valence-electron chi connectivity index (χ4n) is 2.67. The van der Waals surface area contributed by atoms with Gasteiger partial charge in [0, 0.05) is 12.5 Å². The molecule has 1 heterocycles. The van der Waals surface area contributed by atoms with Gasteiger partial charge in [-0.1, -0.05) is 13.8 Å². The van der Waals surface area contributed by atoms with Crippen molar-refractivity contribution in [1.82, 2.24) is 4.90 Å². The van der Waals surface area contributed by atoms with Crippen LogP contribution in [0.4, 0.5) is 0 Å². The van der Waals surface area contributed by atoms with Crippen LogP contribution in [-0.2, 0) is 11.3 Å². The number of carbonyl (C=O) groups excluding carboxylic acids is 1. The number of hydrogen-bond donors (Lipinski definition) is 1. The third-order valence-electron chi connectivity index (χ3n) is 3.82. The van der Waals surface area contributed by atoms with Crippen molar-refractivity contribution in [2.75, 3.05) is 6.54 Å². The Labute approximate surface area is 121 Å². The molecule has 1 aromatic rings. The Balaban J connectivity index is 1.92. The molecular formula is C16H26N2O2. The fourth-order valence-corrected chi connectivity index (χ4v) is 2.67. The Morgan fingerprint density at radius 2 is 2.25 bits per heavy atom. The molecule has 1 aromatic heterocycles. The molecule has 2 N–H and O–H groups in total. The van der Waals surface area contributed by atoms with E-state index in [0.29, 0.717) is 37.4 Å². The highest BCUT2D eigenvalue weighted by molar-refractivity contribution is 5.77. The number of furan rings is 1. The number of carbonyl (C=O) groups is 1. The van der Waals surface area contributed by atoms with Crippen LogP contribution in [0.15, 0.2) is 22.8 Å². The van der Waals surface area contributed by atoms with E-state index >= 15 is 0 Å². The molecule has 1 aliphatic carbocycles. The van der Waals surface area contributed by atoms with E-state index in [0.717, 1.165) is 25.0 Å². The van der Waals surface area contributed by atoms with Crippen LogP contribution in [0.25, 0.3) is 0 Å². The van der Waals surface area contributed by atoms with Gasteiger partial charge in [0.05, 0.1) is 12.8 Å². The predicted molar refractivity (Wildman–Crippen MR) is 78.9 cm³/mol. The first-order valence-corrected chi connectivity index (χ1v) is 7.62. The first kappa shape index (κ1) is 15.1. The number of nitrogens with two attached hydrogens (primary N) is 1. The quantitative estimate of drug-likeness (QED) is 0.795. The van der Waals surface area contributed by atoms with Crippen LogP contribution >= 0.6 is 0 Å². The van der Waals surface area contributed by atoms with Gasteiger partial charge in [-0.15, -0.1) is 0 Å². The molecule has 2 rings (SSSR count). The molecule has 0 spiro atoms. The van der Waals surface area contributed by atoms with E-state index in [9.17, 15) is 4.79 Å². The normalized spacial score (nSPS) is 16.4. The molecule has 1 saturated carbocycles. The summed E-state index contributed by atoms with van der Waals surface area (Å²) < 4.78 is 5.37. The van der Waals surface area contributed by atoms with Gasteiger partial charge in [-0.2, -0.15) is 0 Å². The topological polar surface area (TPSA) is 59.5 Å². The summed E-state index contributed by atoms with van der Waals surface area (Å²) in [7, 11) is 0. The predicted octanol–water partition coefficient (Wildman–Crippen LogP) is 2.78. The van der Waals surface area contributed by atoms with Crippen LogP contribution in [0.1, 0.15) is 45.3 Å². The second-order valence-corrected chi connectivity index (χ2v) is 6.27. The molecule has 4 heteroatoms. The Morgan fingerprint density at radius 3 is 2.75 bits per heavy atom. The summed E-state index contributed by atoms with van der Waals surface area (Å²) in [6.07, 6.45) is 5.47. The minimum atomic E-state index is 0.222. The summed E-state index contributed by atoms with van der Waals surface area (Å²) in [5, 5.41) is 0. The van der Waals surface area contributed by atoms with Gasteiger partial charge >= 0.3 is 0 Å². The molecule has 1 aliphatic rings. The van der Waals surface area contributed by atoms with Crippen molar-refractivity contribution < 1.29 is 9.21 Å². The number of hydrogen-bond acceptors (Lipinski definition) is 3. The second kappa shape index (κ2) is 6.93. The van der Waals surface area contributed by atoms with Crippen LogP contribution in [0, 0.1) is 11.8 Å². The molecule has 1 fully saturated rings. The lowest BCUT2D eigenvalue weighted by molar-refractivity contribution is -0.133. The van der Waals surface area contributed by atoms with Gasteiger partial charge in [0.2, 0.25) is 5.91 Å². The number of rotatable bonds is 8. The third kappa shape index (κ3) is 4.37. The standard InChI is InChI=1S/C16H26N2O2/c1-12(2)8-13(10-17)9-16(19)18(14-5-6-14)11-15-4-3-7-20-15/h3-4,7,12-14H,5-6,8-11,17H2,1-2H3/t13-/m0/s1. The largest absolute Gasteiger partial charge is 0.467 e. The SMILES string of the molecule is CC(C)C[C@H](CN)CC(=O)N(Cc1ccco1)C1CC1. The molecule has 1 atom stereocenters. The molecular weight excluding hydrogens is 252 g/mol. The Morgan fingerprint density at radius 1 is 1.50 bits per heavy atom. The Bertz CT molecular complexity index is 410. The molecule has 0 aliphatic heterocycles. The van der Waals surface area contributed by atoms with Gasteiger partial charge in [0.25, 0.3) is 0 Å². The molecule has 4 nitrogen and oxygen atoms in total. The maximum Gasteiger partial charge on any atom is 0.223 e. The zero-order chi connectivity index (χ0) is 14.5. The van der Waals surface area contributed by atoms with Crippen molar-refractivity contribution in [2.45, 2.75) is 52.1 Å². The van der Waals surface area contributed by atoms with E-state index in [-0.39, 0.29) is 5.91 Å². The van der Waals surface area contributed by atoms with E-state index < -0.39 is 0 Å². The summed E-state index contributed by atoms with van der Waals surface area (Å²) in [5.74, 6) is 1.95. The first-order chi connectivity index (χ1) is 9.60.